The fourth-order valence-electron chi connectivity index (χ4n) is 2.79. The molecule has 1 amide bonds. The fourth-order valence-corrected chi connectivity index (χ4v) is 3.90. The number of rotatable bonds is 6. The van der Waals surface area contributed by atoms with Crippen molar-refractivity contribution in [3.8, 4) is 10.6 Å². The second-order valence-corrected chi connectivity index (χ2v) is 8.23. The van der Waals surface area contributed by atoms with Gasteiger partial charge in [-0.25, -0.2) is 15.0 Å². The molecule has 3 aromatic rings. The van der Waals surface area contributed by atoms with Gasteiger partial charge in [0.1, 0.15) is 11.6 Å². The Balaban J connectivity index is 1.76. The van der Waals surface area contributed by atoms with Gasteiger partial charge in [0, 0.05) is 31.3 Å². The van der Waals surface area contributed by atoms with Gasteiger partial charge in [0.25, 0.3) is 0 Å². The Kier molecular flexibility index (Phi) is 5.51. The second kappa shape index (κ2) is 7.84. The first-order valence-electron chi connectivity index (χ1n) is 8.71. The van der Waals surface area contributed by atoms with Crippen molar-refractivity contribution in [3.05, 3.63) is 53.3 Å². The Morgan fingerprint density at radius 1 is 1.19 bits per heavy atom. The van der Waals surface area contributed by atoms with Crippen molar-refractivity contribution in [1.29, 1.82) is 0 Å². The van der Waals surface area contributed by atoms with Gasteiger partial charge in [-0.3, -0.25) is 4.79 Å². The van der Waals surface area contributed by atoms with Crippen molar-refractivity contribution in [3.63, 3.8) is 0 Å². The van der Waals surface area contributed by atoms with E-state index in [0.717, 1.165) is 32.8 Å². The lowest BCUT2D eigenvalue weighted by atomic mass is 10.0. The number of aryl methyl sites for hydroxylation is 1. The molecule has 0 atom stereocenters. The molecule has 3 rings (SSSR count). The average molecular weight is 382 g/mol. The van der Waals surface area contributed by atoms with Crippen molar-refractivity contribution >= 4 is 28.9 Å². The molecule has 0 aromatic carbocycles. The Bertz CT molecular complexity index is 951. The van der Waals surface area contributed by atoms with Crippen molar-refractivity contribution in [1.82, 2.24) is 20.3 Å². The van der Waals surface area contributed by atoms with E-state index in [9.17, 15) is 4.79 Å². The Labute approximate surface area is 163 Å². The van der Waals surface area contributed by atoms with Crippen LogP contribution in [0.3, 0.4) is 0 Å². The van der Waals surface area contributed by atoms with Crippen molar-refractivity contribution in [2.45, 2.75) is 39.7 Å². The van der Waals surface area contributed by atoms with E-state index in [1.54, 1.807) is 17.5 Å². The van der Waals surface area contributed by atoms with Gasteiger partial charge in [-0.2, -0.15) is 0 Å². The third-order valence-corrected chi connectivity index (χ3v) is 4.85. The summed E-state index contributed by atoms with van der Waals surface area (Å²) in [4.78, 5) is 25.8. The summed E-state index contributed by atoms with van der Waals surface area (Å²) >= 11 is 1.59. The highest BCUT2D eigenvalue weighted by Gasteiger charge is 2.21. The van der Waals surface area contributed by atoms with Crippen LogP contribution in [0, 0.1) is 6.92 Å². The quantitative estimate of drug-likeness (QED) is 0.672. The van der Waals surface area contributed by atoms with Crippen LogP contribution in [-0.4, -0.2) is 26.4 Å². The largest absolute Gasteiger partial charge is 0.351 e. The minimum Gasteiger partial charge on any atom is -0.351 e. The molecule has 0 saturated heterocycles. The number of hydrogen-bond donors (Lipinski definition) is 2. The average Bonchev–Trinajstić information content (AvgIpc) is 3.01. The van der Waals surface area contributed by atoms with Crippen LogP contribution in [0.5, 0.6) is 0 Å². The van der Waals surface area contributed by atoms with Gasteiger partial charge < -0.3 is 10.6 Å². The summed E-state index contributed by atoms with van der Waals surface area (Å²) in [7, 11) is 0. The zero-order valence-electron chi connectivity index (χ0n) is 15.9. The molecule has 27 heavy (non-hydrogen) atoms. The number of aromatic nitrogens is 3. The molecule has 3 aromatic heterocycles. The number of nitrogens with one attached hydrogen (secondary N) is 2. The molecule has 7 heteroatoms. The van der Waals surface area contributed by atoms with Gasteiger partial charge in [0.05, 0.1) is 15.6 Å². The summed E-state index contributed by atoms with van der Waals surface area (Å²) in [5.74, 6) is 1.46. The summed E-state index contributed by atoms with van der Waals surface area (Å²) in [5.41, 5.74) is 1.65. The maximum Gasteiger partial charge on any atom is 0.217 e. The molecule has 0 bridgehead atoms. The summed E-state index contributed by atoms with van der Waals surface area (Å²) in [6.45, 7) is 7.54. The van der Waals surface area contributed by atoms with E-state index < -0.39 is 0 Å². The number of pyridine rings is 2. The predicted octanol–water partition coefficient (Wildman–Crippen LogP) is 4.11. The zero-order valence-corrected chi connectivity index (χ0v) is 16.7. The van der Waals surface area contributed by atoms with E-state index in [-0.39, 0.29) is 11.4 Å². The summed E-state index contributed by atoms with van der Waals surface area (Å²) in [5, 5.41) is 7.15. The standard InChI is InChI=1S/C20H23N5OS/c1-13-8-9-21-18(10-13)24-17-7-5-6-15(23-17)16-12-22-19(27-16)11-20(3,4)25-14(2)26/h5-10,12H,11H2,1-4H3,(H,25,26)(H,21,23,24). The van der Waals surface area contributed by atoms with Gasteiger partial charge in [0.15, 0.2) is 0 Å². The maximum absolute atomic E-state index is 11.3. The molecule has 6 nitrogen and oxygen atoms in total. The van der Waals surface area contributed by atoms with Crippen LogP contribution in [0.25, 0.3) is 10.6 Å². The van der Waals surface area contributed by atoms with Crippen LogP contribution < -0.4 is 10.6 Å². The third kappa shape index (κ3) is 5.34. The monoisotopic (exact) mass is 381 g/mol. The number of thiazole rings is 1. The van der Waals surface area contributed by atoms with Crippen LogP contribution >= 0.6 is 11.3 Å². The molecule has 0 saturated carbocycles. The van der Waals surface area contributed by atoms with Crippen molar-refractivity contribution in [2.75, 3.05) is 5.32 Å². The highest BCUT2D eigenvalue weighted by molar-refractivity contribution is 7.15. The van der Waals surface area contributed by atoms with E-state index in [0.29, 0.717) is 6.42 Å². The van der Waals surface area contributed by atoms with Crippen LogP contribution in [0.2, 0.25) is 0 Å². The van der Waals surface area contributed by atoms with Gasteiger partial charge in [0.2, 0.25) is 5.91 Å². The molecule has 0 unspecified atom stereocenters. The number of amides is 1. The molecule has 0 aliphatic heterocycles. The lowest BCUT2D eigenvalue weighted by molar-refractivity contribution is -0.120. The molecule has 0 aliphatic rings. The molecule has 0 fully saturated rings. The lowest BCUT2D eigenvalue weighted by Crippen LogP contribution is -2.43. The van der Waals surface area contributed by atoms with E-state index in [1.165, 1.54) is 6.92 Å². The van der Waals surface area contributed by atoms with Crippen LogP contribution in [0.4, 0.5) is 11.6 Å². The van der Waals surface area contributed by atoms with Crippen LogP contribution in [0.1, 0.15) is 31.3 Å². The van der Waals surface area contributed by atoms with Crippen LogP contribution in [-0.2, 0) is 11.2 Å². The van der Waals surface area contributed by atoms with E-state index in [2.05, 4.69) is 25.6 Å². The highest BCUT2D eigenvalue weighted by atomic mass is 32.1. The lowest BCUT2D eigenvalue weighted by Gasteiger charge is -2.24. The van der Waals surface area contributed by atoms with Gasteiger partial charge in [-0.1, -0.05) is 6.07 Å². The molecular weight excluding hydrogens is 358 g/mol. The van der Waals surface area contributed by atoms with Gasteiger partial charge >= 0.3 is 0 Å². The normalized spacial score (nSPS) is 11.3. The minimum atomic E-state index is -0.339. The third-order valence-electron chi connectivity index (χ3n) is 3.83. The smallest absolute Gasteiger partial charge is 0.217 e. The summed E-state index contributed by atoms with van der Waals surface area (Å²) in [6.07, 6.45) is 4.27. The van der Waals surface area contributed by atoms with E-state index in [1.807, 2.05) is 57.3 Å². The highest BCUT2D eigenvalue weighted by Crippen LogP contribution is 2.28. The number of carbonyl (C=O) groups is 1. The Morgan fingerprint density at radius 2 is 2.00 bits per heavy atom. The molecular formula is C20H23N5OS. The van der Waals surface area contributed by atoms with Gasteiger partial charge in [-0.05, 0) is 50.6 Å². The maximum atomic E-state index is 11.3. The molecule has 0 aliphatic carbocycles. The molecule has 140 valence electrons. The molecule has 3 heterocycles. The van der Waals surface area contributed by atoms with E-state index in [4.69, 9.17) is 0 Å². The molecule has 0 spiro atoms. The number of hydrogen-bond acceptors (Lipinski definition) is 6. The van der Waals surface area contributed by atoms with Crippen LogP contribution in [0.15, 0.2) is 42.7 Å². The fraction of sp³-hybridized carbons (Fsp3) is 0.300. The van der Waals surface area contributed by atoms with Crippen molar-refractivity contribution < 1.29 is 4.79 Å². The summed E-state index contributed by atoms with van der Waals surface area (Å²) < 4.78 is 0. The number of carbonyl (C=O) groups excluding carboxylic acids is 1. The molecule has 0 radical (unpaired) electrons. The topological polar surface area (TPSA) is 79.8 Å². The predicted molar refractivity (Wildman–Crippen MR) is 109 cm³/mol. The SMILES string of the molecule is CC(=O)NC(C)(C)Cc1ncc(-c2cccc(Nc3cc(C)ccn3)n2)s1. The number of nitrogens with zero attached hydrogens (tertiary/aromatic N) is 3. The van der Waals surface area contributed by atoms with Gasteiger partial charge in [-0.15, -0.1) is 11.3 Å². The zero-order chi connectivity index (χ0) is 19.4. The molecule has 2 N–H and O–H groups in total. The minimum absolute atomic E-state index is 0.0398. The Hall–Kier alpha value is -2.80. The first-order chi connectivity index (χ1) is 12.8. The summed E-state index contributed by atoms with van der Waals surface area (Å²) in [6, 6.07) is 9.77. The first-order valence-corrected chi connectivity index (χ1v) is 9.53. The van der Waals surface area contributed by atoms with E-state index >= 15 is 0 Å². The second-order valence-electron chi connectivity index (χ2n) is 7.11. The van der Waals surface area contributed by atoms with Crippen molar-refractivity contribution in [2.24, 2.45) is 0 Å². The Morgan fingerprint density at radius 3 is 2.74 bits per heavy atom. The first kappa shape index (κ1) is 19.0. The number of anilines is 2.